The summed E-state index contributed by atoms with van der Waals surface area (Å²) in [5, 5.41) is 38.3. The Morgan fingerprint density at radius 2 is 1.65 bits per heavy atom. The maximum Gasteiger partial charge on any atom is 0.238 e. The molecule has 1 saturated heterocycles. The number of carbonyl (C=O) groups is 1. The maximum atomic E-state index is 13.1. The summed E-state index contributed by atoms with van der Waals surface area (Å²) in [4.78, 5) is 19.1. The summed E-state index contributed by atoms with van der Waals surface area (Å²) in [7, 11) is 0. The molecule has 0 saturated carbocycles. The van der Waals surface area contributed by atoms with Crippen LogP contribution in [0.5, 0.6) is 11.5 Å². The molecular formula is C28H19BrN6O3S2. The smallest absolute Gasteiger partial charge is 0.238 e. The number of phenolic OH excluding ortho intramolecular Hbond substituents is 2. The van der Waals surface area contributed by atoms with E-state index < -0.39 is 5.37 Å². The number of anilines is 1. The molecule has 1 aliphatic rings. The number of aromatic hydroxyl groups is 2. The second-order valence-electron chi connectivity index (χ2n) is 8.68. The van der Waals surface area contributed by atoms with Gasteiger partial charge in [-0.3, -0.25) is 9.69 Å². The third-order valence-electron chi connectivity index (χ3n) is 6.00. The predicted octanol–water partition coefficient (Wildman–Crippen LogP) is 9.08. The topological polar surface area (TPSA) is 123 Å². The highest BCUT2D eigenvalue weighted by Gasteiger charge is 2.37. The molecule has 2 heterocycles. The average molecular weight is 632 g/mol. The largest absolute Gasteiger partial charge is 0.508 e. The van der Waals surface area contributed by atoms with Crippen LogP contribution in [-0.2, 0) is 4.79 Å². The van der Waals surface area contributed by atoms with Crippen molar-refractivity contribution >= 4 is 83.0 Å². The van der Waals surface area contributed by atoms with Gasteiger partial charge in [0.2, 0.25) is 11.0 Å². The van der Waals surface area contributed by atoms with E-state index in [-0.39, 0.29) is 23.2 Å². The normalized spacial score (nSPS) is 15.7. The molecule has 0 aliphatic carbocycles. The van der Waals surface area contributed by atoms with E-state index in [2.05, 4.69) is 41.4 Å². The van der Waals surface area contributed by atoms with Crippen LogP contribution >= 0.6 is 39.0 Å². The molecule has 0 radical (unpaired) electrons. The van der Waals surface area contributed by atoms with Gasteiger partial charge in [0.15, 0.2) is 0 Å². The number of hydrogen-bond acceptors (Lipinski definition) is 10. The van der Waals surface area contributed by atoms with Crippen LogP contribution in [0.3, 0.4) is 0 Å². The van der Waals surface area contributed by atoms with Crippen molar-refractivity contribution < 1.29 is 15.0 Å². The summed E-state index contributed by atoms with van der Waals surface area (Å²) in [6, 6.07) is 24.5. The molecule has 5 aromatic rings. The minimum Gasteiger partial charge on any atom is -0.508 e. The number of rotatable bonds is 6. The van der Waals surface area contributed by atoms with Crippen molar-refractivity contribution in [1.82, 2.24) is 4.98 Å². The first-order valence-corrected chi connectivity index (χ1v) is 14.6. The van der Waals surface area contributed by atoms with E-state index in [1.165, 1.54) is 46.2 Å². The molecule has 0 bridgehead atoms. The molecule has 9 nitrogen and oxygen atoms in total. The lowest BCUT2D eigenvalue weighted by molar-refractivity contribution is -0.115. The summed E-state index contributed by atoms with van der Waals surface area (Å²) in [5.41, 5.74) is 3.23. The van der Waals surface area contributed by atoms with Gasteiger partial charge in [0, 0.05) is 16.1 Å². The highest BCUT2D eigenvalue weighted by molar-refractivity contribution is 9.10. The van der Waals surface area contributed by atoms with E-state index in [1.54, 1.807) is 30.3 Å². The van der Waals surface area contributed by atoms with E-state index >= 15 is 0 Å². The van der Waals surface area contributed by atoms with Crippen molar-refractivity contribution in [2.45, 2.75) is 5.37 Å². The number of aromatic nitrogens is 1. The van der Waals surface area contributed by atoms with Gasteiger partial charge >= 0.3 is 0 Å². The Bertz CT molecular complexity index is 1760. The van der Waals surface area contributed by atoms with Crippen molar-refractivity contribution in [3.8, 4) is 11.5 Å². The van der Waals surface area contributed by atoms with E-state index in [0.717, 1.165) is 14.7 Å². The van der Waals surface area contributed by atoms with Crippen molar-refractivity contribution in [2.24, 2.45) is 20.5 Å². The minimum atomic E-state index is -0.589. The second-order valence-corrected chi connectivity index (χ2v) is 11.7. The molecule has 2 N–H and O–H groups in total. The van der Waals surface area contributed by atoms with Gasteiger partial charge in [0.1, 0.15) is 22.6 Å². The average Bonchev–Trinajstić information content (AvgIpc) is 3.55. The zero-order valence-corrected chi connectivity index (χ0v) is 23.8. The van der Waals surface area contributed by atoms with Crippen LogP contribution in [0.4, 0.5) is 27.9 Å². The fourth-order valence-corrected chi connectivity index (χ4v) is 6.37. The van der Waals surface area contributed by atoms with Crippen LogP contribution in [0, 0.1) is 0 Å². The number of thiazole rings is 1. The first-order valence-electron chi connectivity index (χ1n) is 12.0. The molecular weight excluding hydrogens is 612 g/mol. The first-order chi connectivity index (χ1) is 19.4. The summed E-state index contributed by atoms with van der Waals surface area (Å²) in [6.07, 6.45) is 0. The van der Waals surface area contributed by atoms with Gasteiger partial charge in [-0.15, -0.1) is 27.1 Å². The van der Waals surface area contributed by atoms with Gasteiger partial charge in [-0.25, -0.2) is 4.98 Å². The summed E-state index contributed by atoms with van der Waals surface area (Å²) in [5.74, 6) is -0.0277. The number of carbonyl (C=O) groups excluding carboxylic acids is 1. The summed E-state index contributed by atoms with van der Waals surface area (Å²) in [6.45, 7) is 0. The highest BCUT2D eigenvalue weighted by Crippen LogP contribution is 2.49. The number of amides is 1. The molecule has 1 aromatic heterocycles. The van der Waals surface area contributed by atoms with Gasteiger partial charge < -0.3 is 10.2 Å². The van der Waals surface area contributed by atoms with Crippen LogP contribution < -0.4 is 4.90 Å². The number of azo groups is 2. The molecule has 12 heteroatoms. The number of halogens is 1. The predicted molar refractivity (Wildman–Crippen MR) is 161 cm³/mol. The molecule has 1 fully saturated rings. The number of fused-ring (bicyclic) bond motifs is 1. The highest BCUT2D eigenvalue weighted by atomic mass is 79.9. The van der Waals surface area contributed by atoms with E-state index in [4.69, 9.17) is 0 Å². The van der Waals surface area contributed by atoms with Gasteiger partial charge in [0.25, 0.3) is 0 Å². The molecule has 4 aromatic carbocycles. The second kappa shape index (κ2) is 11.2. The van der Waals surface area contributed by atoms with Crippen LogP contribution in [-0.4, -0.2) is 26.9 Å². The van der Waals surface area contributed by atoms with E-state index in [1.807, 2.05) is 36.4 Å². The van der Waals surface area contributed by atoms with Crippen LogP contribution in [0.25, 0.3) is 10.2 Å². The van der Waals surface area contributed by atoms with Crippen molar-refractivity contribution in [3.63, 3.8) is 0 Å². The van der Waals surface area contributed by atoms with E-state index in [0.29, 0.717) is 33.4 Å². The van der Waals surface area contributed by atoms with Gasteiger partial charge in [0.05, 0.1) is 33.0 Å². The Morgan fingerprint density at radius 3 is 2.48 bits per heavy atom. The van der Waals surface area contributed by atoms with Crippen LogP contribution in [0.1, 0.15) is 10.9 Å². The third kappa shape index (κ3) is 5.46. The van der Waals surface area contributed by atoms with Crippen LogP contribution in [0.2, 0.25) is 0 Å². The standard InChI is InChI=1S/C28H19BrN6O3S2/c29-16-5-7-17(8-6-16)31-33-21-11-10-19(36)14-23(21)35-26(38)15-39-27(35)20-13-18(9-12-24(20)37)32-34-28-30-22-3-1-2-4-25(22)40-28/h1-14,27,36-37H,15H2. The number of thioether (sulfide) groups is 1. The molecule has 6 rings (SSSR count). The minimum absolute atomic E-state index is 0.00864. The van der Waals surface area contributed by atoms with E-state index in [9.17, 15) is 15.0 Å². The zero-order valence-electron chi connectivity index (χ0n) is 20.5. The monoisotopic (exact) mass is 630 g/mol. The molecule has 198 valence electrons. The Labute approximate surface area is 245 Å². The lowest BCUT2D eigenvalue weighted by atomic mass is 10.1. The fraction of sp³-hybridized carbons (Fsp3) is 0.0714. The Hall–Kier alpha value is -4.13. The molecule has 1 aliphatic heterocycles. The van der Waals surface area contributed by atoms with Gasteiger partial charge in [-0.05, 0) is 66.7 Å². The number of para-hydroxylation sites is 1. The number of phenols is 2. The molecule has 0 spiro atoms. The zero-order chi connectivity index (χ0) is 27.6. The lowest BCUT2D eigenvalue weighted by Gasteiger charge is -2.26. The SMILES string of the molecule is O=C1CSC(c2cc(N=Nc3nc4ccccc4s3)ccc2O)N1c1cc(O)ccc1N=Nc1ccc(Br)cc1. The molecule has 1 amide bonds. The Morgan fingerprint density at radius 1 is 0.875 bits per heavy atom. The van der Waals surface area contributed by atoms with Crippen molar-refractivity contribution in [3.05, 3.63) is 95.0 Å². The number of hydrogen-bond donors (Lipinski definition) is 2. The fourth-order valence-electron chi connectivity index (χ4n) is 4.13. The molecule has 40 heavy (non-hydrogen) atoms. The quantitative estimate of drug-likeness (QED) is 0.181. The van der Waals surface area contributed by atoms with Crippen LogP contribution in [0.15, 0.2) is 110 Å². The summed E-state index contributed by atoms with van der Waals surface area (Å²) < 4.78 is 1.93. The number of benzene rings is 4. The molecule has 1 unspecified atom stereocenters. The Balaban J connectivity index is 1.33. The lowest BCUT2D eigenvalue weighted by Crippen LogP contribution is -2.27. The van der Waals surface area contributed by atoms with Gasteiger partial charge in [-0.1, -0.05) is 39.4 Å². The first kappa shape index (κ1) is 26.1. The number of nitrogens with zero attached hydrogens (tertiary/aromatic N) is 6. The summed E-state index contributed by atoms with van der Waals surface area (Å²) >= 11 is 6.18. The maximum absolute atomic E-state index is 13.1. The van der Waals surface area contributed by atoms with Crippen molar-refractivity contribution in [1.29, 1.82) is 0 Å². The molecule has 1 atom stereocenters. The third-order valence-corrected chi connectivity index (χ3v) is 8.64. The Kier molecular flexibility index (Phi) is 7.29. The van der Waals surface area contributed by atoms with Gasteiger partial charge in [-0.2, -0.15) is 5.11 Å². The van der Waals surface area contributed by atoms with Crippen molar-refractivity contribution in [2.75, 3.05) is 10.7 Å².